The second kappa shape index (κ2) is 8.36. The second-order valence-corrected chi connectivity index (χ2v) is 7.55. The van der Waals surface area contributed by atoms with Crippen LogP contribution in [0.3, 0.4) is 0 Å². The third kappa shape index (κ3) is 4.01. The molecule has 0 saturated carbocycles. The van der Waals surface area contributed by atoms with Crippen LogP contribution in [-0.4, -0.2) is 22.0 Å². The van der Waals surface area contributed by atoms with E-state index in [0.29, 0.717) is 5.82 Å². The SMILES string of the molecule is CN(Cc1ccc(-c2ccccc2)cc1)c1nc(-c2cccnc2)nc2ccccc12. The van der Waals surface area contributed by atoms with E-state index < -0.39 is 0 Å². The first kappa shape index (κ1) is 18.9. The summed E-state index contributed by atoms with van der Waals surface area (Å²) in [6, 6.07) is 31.2. The highest BCUT2D eigenvalue weighted by molar-refractivity contribution is 5.91. The van der Waals surface area contributed by atoms with Gasteiger partial charge in [0.1, 0.15) is 5.82 Å². The van der Waals surface area contributed by atoms with E-state index in [1.807, 2.05) is 36.4 Å². The molecule has 0 aliphatic heterocycles. The van der Waals surface area contributed by atoms with Crippen LogP contribution in [0.25, 0.3) is 33.4 Å². The Kier molecular flexibility index (Phi) is 5.11. The van der Waals surface area contributed by atoms with Gasteiger partial charge in [0, 0.05) is 36.9 Å². The van der Waals surface area contributed by atoms with Crippen molar-refractivity contribution in [3.63, 3.8) is 0 Å². The number of nitrogens with zero attached hydrogens (tertiary/aromatic N) is 4. The van der Waals surface area contributed by atoms with Crippen LogP contribution >= 0.6 is 0 Å². The van der Waals surface area contributed by atoms with Gasteiger partial charge in [-0.25, -0.2) is 9.97 Å². The molecule has 0 saturated heterocycles. The Morgan fingerprint density at radius 1 is 0.677 bits per heavy atom. The highest BCUT2D eigenvalue weighted by atomic mass is 15.2. The summed E-state index contributed by atoms with van der Waals surface area (Å²) in [6.45, 7) is 0.753. The van der Waals surface area contributed by atoms with Crippen molar-refractivity contribution in [2.75, 3.05) is 11.9 Å². The van der Waals surface area contributed by atoms with E-state index in [1.165, 1.54) is 16.7 Å². The van der Waals surface area contributed by atoms with Crippen molar-refractivity contribution >= 4 is 16.7 Å². The topological polar surface area (TPSA) is 41.9 Å². The average molecular weight is 403 g/mol. The van der Waals surface area contributed by atoms with Gasteiger partial charge in [0.2, 0.25) is 0 Å². The van der Waals surface area contributed by atoms with Crippen molar-refractivity contribution < 1.29 is 0 Å². The van der Waals surface area contributed by atoms with Gasteiger partial charge in [-0.3, -0.25) is 4.98 Å². The lowest BCUT2D eigenvalue weighted by Gasteiger charge is -2.21. The molecule has 0 atom stereocenters. The summed E-state index contributed by atoms with van der Waals surface area (Å²) in [5, 5.41) is 1.04. The van der Waals surface area contributed by atoms with E-state index >= 15 is 0 Å². The molecule has 4 nitrogen and oxygen atoms in total. The van der Waals surface area contributed by atoms with E-state index in [1.54, 1.807) is 12.4 Å². The van der Waals surface area contributed by atoms with E-state index in [2.05, 4.69) is 71.5 Å². The van der Waals surface area contributed by atoms with Crippen LogP contribution in [0.4, 0.5) is 5.82 Å². The minimum atomic E-state index is 0.688. The van der Waals surface area contributed by atoms with E-state index in [9.17, 15) is 0 Å². The molecule has 0 spiro atoms. The molecular formula is C27H22N4. The minimum Gasteiger partial charge on any atom is -0.355 e. The first-order valence-electron chi connectivity index (χ1n) is 10.3. The predicted octanol–water partition coefficient (Wildman–Crippen LogP) is 6.00. The number of hydrogen-bond donors (Lipinski definition) is 0. The lowest BCUT2D eigenvalue weighted by molar-refractivity contribution is 0.902. The lowest BCUT2D eigenvalue weighted by atomic mass is 10.0. The van der Waals surface area contributed by atoms with E-state index in [4.69, 9.17) is 9.97 Å². The van der Waals surface area contributed by atoms with Crippen LogP contribution in [0.5, 0.6) is 0 Å². The van der Waals surface area contributed by atoms with Gasteiger partial charge in [-0.2, -0.15) is 0 Å². The van der Waals surface area contributed by atoms with Gasteiger partial charge >= 0.3 is 0 Å². The number of anilines is 1. The van der Waals surface area contributed by atoms with Gasteiger partial charge in [0.05, 0.1) is 5.52 Å². The fourth-order valence-electron chi connectivity index (χ4n) is 3.76. The van der Waals surface area contributed by atoms with Crippen LogP contribution in [0.1, 0.15) is 5.56 Å². The summed E-state index contributed by atoms with van der Waals surface area (Å²) in [4.78, 5) is 16.1. The molecule has 0 aliphatic carbocycles. The van der Waals surface area contributed by atoms with Crippen LogP contribution in [0, 0.1) is 0 Å². The summed E-state index contributed by atoms with van der Waals surface area (Å²) in [5.41, 5.74) is 5.52. The first-order valence-corrected chi connectivity index (χ1v) is 10.3. The average Bonchev–Trinajstić information content (AvgIpc) is 2.85. The summed E-state index contributed by atoms with van der Waals surface area (Å²) >= 11 is 0. The molecule has 2 heterocycles. The standard InChI is InChI=1S/C27H22N4/c1-31(19-20-13-15-22(16-14-20)21-8-3-2-4-9-21)27-24-11-5-6-12-25(24)29-26(30-27)23-10-7-17-28-18-23/h2-18H,19H2,1H3. The zero-order valence-electron chi connectivity index (χ0n) is 17.3. The fourth-order valence-corrected chi connectivity index (χ4v) is 3.76. The normalized spacial score (nSPS) is 10.9. The van der Waals surface area contributed by atoms with Crippen molar-refractivity contribution in [1.29, 1.82) is 0 Å². The molecule has 4 heteroatoms. The molecule has 150 valence electrons. The van der Waals surface area contributed by atoms with Gasteiger partial charge in [0.25, 0.3) is 0 Å². The molecule has 2 aromatic heterocycles. The van der Waals surface area contributed by atoms with Crippen LogP contribution in [-0.2, 0) is 6.54 Å². The van der Waals surface area contributed by atoms with Crippen molar-refractivity contribution in [3.05, 3.63) is 109 Å². The van der Waals surface area contributed by atoms with Gasteiger partial charge in [-0.15, -0.1) is 0 Å². The number of aromatic nitrogens is 3. The zero-order valence-corrected chi connectivity index (χ0v) is 17.3. The highest BCUT2D eigenvalue weighted by Crippen LogP contribution is 2.28. The Labute approximate surface area is 181 Å². The summed E-state index contributed by atoms with van der Waals surface area (Å²) in [7, 11) is 2.08. The number of fused-ring (bicyclic) bond motifs is 1. The monoisotopic (exact) mass is 402 g/mol. The molecule has 5 aromatic rings. The summed E-state index contributed by atoms with van der Waals surface area (Å²) in [5.74, 6) is 1.60. The van der Waals surface area contributed by atoms with Crippen molar-refractivity contribution in [2.24, 2.45) is 0 Å². The number of pyridine rings is 1. The largest absolute Gasteiger partial charge is 0.355 e. The number of benzene rings is 3. The fraction of sp³-hybridized carbons (Fsp3) is 0.0741. The van der Waals surface area contributed by atoms with Gasteiger partial charge in [-0.1, -0.05) is 66.7 Å². The maximum Gasteiger partial charge on any atom is 0.163 e. The Hall–Kier alpha value is -4.05. The lowest BCUT2D eigenvalue weighted by Crippen LogP contribution is -2.18. The van der Waals surface area contributed by atoms with Crippen molar-refractivity contribution in [3.8, 4) is 22.5 Å². The molecule has 0 fully saturated rings. The summed E-state index contributed by atoms with van der Waals surface area (Å²) < 4.78 is 0. The Bertz CT molecular complexity index is 1300. The highest BCUT2D eigenvalue weighted by Gasteiger charge is 2.13. The second-order valence-electron chi connectivity index (χ2n) is 7.55. The molecule has 0 aliphatic rings. The van der Waals surface area contributed by atoms with Gasteiger partial charge in [0.15, 0.2) is 5.82 Å². The maximum absolute atomic E-state index is 4.91. The Balaban J connectivity index is 1.47. The molecule has 31 heavy (non-hydrogen) atoms. The molecule has 5 rings (SSSR count). The van der Waals surface area contributed by atoms with E-state index in [0.717, 1.165) is 28.8 Å². The molecule has 0 radical (unpaired) electrons. The first-order chi connectivity index (χ1) is 15.3. The molecule has 3 aromatic carbocycles. The van der Waals surface area contributed by atoms with Crippen LogP contribution < -0.4 is 4.90 Å². The van der Waals surface area contributed by atoms with Gasteiger partial charge in [-0.05, 0) is 41.0 Å². The molecule has 0 amide bonds. The quantitative estimate of drug-likeness (QED) is 0.362. The predicted molar refractivity (Wildman–Crippen MR) is 127 cm³/mol. The van der Waals surface area contributed by atoms with Crippen molar-refractivity contribution in [2.45, 2.75) is 6.54 Å². The smallest absolute Gasteiger partial charge is 0.163 e. The van der Waals surface area contributed by atoms with Crippen LogP contribution in [0.2, 0.25) is 0 Å². The molecule has 0 bridgehead atoms. The molecule has 0 N–H and O–H groups in total. The van der Waals surface area contributed by atoms with Crippen LogP contribution in [0.15, 0.2) is 103 Å². The summed E-state index contributed by atoms with van der Waals surface area (Å²) in [6.07, 6.45) is 3.56. The third-order valence-corrected chi connectivity index (χ3v) is 5.35. The van der Waals surface area contributed by atoms with Crippen molar-refractivity contribution in [1.82, 2.24) is 15.0 Å². The number of hydrogen-bond acceptors (Lipinski definition) is 4. The maximum atomic E-state index is 4.91. The third-order valence-electron chi connectivity index (χ3n) is 5.35. The minimum absolute atomic E-state index is 0.688. The van der Waals surface area contributed by atoms with E-state index in [-0.39, 0.29) is 0 Å². The zero-order chi connectivity index (χ0) is 21.0. The number of rotatable bonds is 5. The number of para-hydroxylation sites is 1. The Morgan fingerprint density at radius 2 is 1.39 bits per heavy atom. The Morgan fingerprint density at radius 3 is 2.16 bits per heavy atom. The molecule has 0 unspecified atom stereocenters. The molecular weight excluding hydrogens is 380 g/mol. The van der Waals surface area contributed by atoms with Gasteiger partial charge < -0.3 is 4.90 Å².